The van der Waals surface area contributed by atoms with E-state index in [4.69, 9.17) is 0 Å². The number of carbonyl (C=O) groups excluding carboxylic acids is 1. The number of nitrogens with one attached hydrogen (secondary N) is 2. The number of rotatable bonds is 3. The molecule has 1 aromatic carbocycles. The highest BCUT2D eigenvalue weighted by Crippen LogP contribution is 2.19. The lowest BCUT2D eigenvalue weighted by Gasteiger charge is -2.32. The molecule has 1 aromatic heterocycles. The minimum atomic E-state index is 0.231. The summed E-state index contributed by atoms with van der Waals surface area (Å²) in [5.41, 5.74) is 2.19. The second-order valence-electron chi connectivity index (χ2n) is 5.50. The fourth-order valence-electron chi connectivity index (χ4n) is 2.99. The van der Waals surface area contributed by atoms with Gasteiger partial charge in [0.25, 0.3) is 0 Å². The van der Waals surface area contributed by atoms with Crippen LogP contribution in [0.1, 0.15) is 18.4 Å². The maximum absolute atomic E-state index is 12.5. The topological polar surface area (TPSA) is 48.1 Å². The van der Waals surface area contributed by atoms with Gasteiger partial charge in [-0.1, -0.05) is 18.2 Å². The van der Waals surface area contributed by atoms with Crippen LogP contribution in [-0.4, -0.2) is 42.0 Å². The van der Waals surface area contributed by atoms with Gasteiger partial charge in [-0.15, -0.1) is 0 Å². The van der Waals surface area contributed by atoms with E-state index in [1.165, 1.54) is 0 Å². The second kappa shape index (κ2) is 5.67. The van der Waals surface area contributed by atoms with Gasteiger partial charge in [-0.05, 0) is 31.5 Å². The zero-order valence-electron chi connectivity index (χ0n) is 11.9. The van der Waals surface area contributed by atoms with Crippen molar-refractivity contribution in [1.82, 2.24) is 15.2 Å². The van der Waals surface area contributed by atoms with Gasteiger partial charge in [0.15, 0.2) is 0 Å². The third kappa shape index (κ3) is 2.56. The van der Waals surface area contributed by atoms with Gasteiger partial charge in [0.1, 0.15) is 0 Å². The lowest BCUT2D eigenvalue weighted by molar-refractivity contribution is -0.131. The lowest BCUT2D eigenvalue weighted by atomic mass is 10.0. The van der Waals surface area contributed by atoms with Gasteiger partial charge >= 0.3 is 0 Å². The summed E-state index contributed by atoms with van der Waals surface area (Å²) in [7, 11) is 1.97. The molecular weight excluding hydrogens is 250 g/mol. The third-order valence-corrected chi connectivity index (χ3v) is 4.20. The Bertz CT molecular complexity index is 605. The SMILES string of the molecule is CNC1CCCN(C(=O)Cc2c[nH]c3ccccc23)C1. The summed E-state index contributed by atoms with van der Waals surface area (Å²) in [5, 5.41) is 4.43. The van der Waals surface area contributed by atoms with Gasteiger partial charge in [-0.2, -0.15) is 0 Å². The molecule has 1 saturated heterocycles. The molecule has 1 atom stereocenters. The summed E-state index contributed by atoms with van der Waals surface area (Å²) >= 11 is 0. The van der Waals surface area contributed by atoms with E-state index >= 15 is 0 Å². The van der Waals surface area contributed by atoms with Gasteiger partial charge < -0.3 is 15.2 Å². The Morgan fingerprint density at radius 3 is 3.15 bits per heavy atom. The van der Waals surface area contributed by atoms with Crippen LogP contribution in [0.5, 0.6) is 0 Å². The number of amides is 1. The molecule has 2 N–H and O–H groups in total. The maximum atomic E-state index is 12.5. The Labute approximate surface area is 119 Å². The standard InChI is InChI=1S/C16H21N3O/c1-17-13-5-4-8-19(11-13)16(20)9-12-10-18-15-7-3-2-6-14(12)15/h2-3,6-7,10,13,17-18H,4-5,8-9,11H2,1H3. The van der Waals surface area contributed by atoms with Crippen molar-refractivity contribution in [2.75, 3.05) is 20.1 Å². The Kier molecular flexibility index (Phi) is 3.74. The first kappa shape index (κ1) is 13.2. The molecule has 20 heavy (non-hydrogen) atoms. The number of carbonyl (C=O) groups is 1. The molecular formula is C16H21N3O. The molecule has 0 saturated carbocycles. The molecule has 3 rings (SSSR count). The summed E-state index contributed by atoms with van der Waals surface area (Å²) in [5.74, 6) is 0.231. The lowest BCUT2D eigenvalue weighted by Crippen LogP contribution is -2.47. The Morgan fingerprint density at radius 1 is 1.45 bits per heavy atom. The van der Waals surface area contributed by atoms with E-state index in [1.54, 1.807) is 0 Å². The minimum absolute atomic E-state index is 0.231. The summed E-state index contributed by atoms with van der Waals surface area (Å²) < 4.78 is 0. The van der Waals surface area contributed by atoms with E-state index in [0.29, 0.717) is 12.5 Å². The van der Waals surface area contributed by atoms with Crippen LogP contribution in [0.2, 0.25) is 0 Å². The van der Waals surface area contributed by atoms with Crippen molar-refractivity contribution < 1.29 is 4.79 Å². The van der Waals surface area contributed by atoms with Crippen molar-refractivity contribution in [2.24, 2.45) is 0 Å². The summed E-state index contributed by atoms with van der Waals surface area (Å²) in [6.45, 7) is 1.72. The Morgan fingerprint density at radius 2 is 2.30 bits per heavy atom. The largest absolute Gasteiger partial charge is 0.361 e. The molecule has 1 aliphatic rings. The normalized spacial score (nSPS) is 19.4. The van der Waals surface area contributed by atoms with E-state index in [2.05, 4.69) is 16.4 Å². The highest BCUT2D eigenvalue weighted by Gasteiger charge is 2.23. The number of fused-ring (bicyclic) bond motifs is 1. The average Bonchev–Trinajstić information content (AvgIpc) is 2.90. The van der Waals surface area contributed by atoms with Gasteiger partial charge in [-0.25, -0.2) is 0 Å². The van der Waals surface area contributed by atoms with E-state index in [-0.39, 0.29) is 5.91 Å². The molecule has 1 aliphatic heterocycles. The number of H-pyrrole nitrogens is 1. The van der Waals surface area contributed by atoms with Crippen molar-refractivity contribution >= 4 is 16.8 Å². The smallest absolute Gasteiger partial charge is 0.227 e. The van der Waals surface area contributed by atoms with Crippen LogP contribution >= 0.6 is 0 Å². The first-order valence-electron chi connectivity index (χ1n) is 7.28. The van der Waals surface area contributed by atoms with Gasteiger partial charge in [0.05, 0.1) is 6.42 Å². The third-order valence-electron chi connectivity index (χ3n) is 4.20. The van der Waals surface area contributed by atoms with Crippen LogP contribution in [0.15, 0.2) is 30.5 Å². The first-order valence-corrected chi connectivity index (χ1v) is 7.28. The van der Waals surface area contributed by atoms with Crippen molar-refractivity contribution in [3.05, 3.63) is 36.0 Å². The minimum Gasteiger partial charge on any atom is -0.361 e. The van der Waals surface area contributed by atoms with Crippen LogP contribution in [0.25, 0.3) is 10.9 Å². The number of likely N-dealkylation sites (N-methyl/N-ethyl adjacent to an activating group) is 1. The molecule has 1 unspecified atom stereocenters. The molecule has 2 heterocycles. The van der Waals surface area contributed by atoms with E-state index in [0.717, 1.165) is 42.4 Å². The van der Waals surface area contributed by atoms with Gasteiger partial charge in [0, 0.05) is 36.2 Å². The summed E-state index contributed by atoms with van der Waals surface area (Å²) in [4.78, 5) is 17.7. The van der Waals surface area contributed by atoms with E-state index in [9.17, 15) is 4.79 Å². The molecule has 1 amide bonds. The molecule has 1 fully saturated rings. The fraction of sp³-hybridized carbons (Fsp3) is 0.438. The van der Waals surface area contributed by atoms with E-state index in [1.807, 2.05) is 36.3 Å². The molecule has 4 nitrogen and oxygen atoms in total. The first-order chi connectivity index (χ1) is 9.78. The molecule has 2 aromatic rings. The number of para-hydroxylation sites is 1. The zero-order chi connectivity index (χ0) is 13.9. The van der Waals surface area contributed by atoms with Crippen LogP contribution in [0, 0.1) is 0 Å². The maximum Gasteiger partial charge on any atom is 0.227 e. The summed E-state index contributed by atoms with van der Waals surface area (Å²) in [6.07, 6.45) is 4.70. The Balaban J connectivity index is 1.72. The van der Waals surface area contributed by atoms with Crippen molar-refractivity contribution in [3.63, 3.8) is 0 Å². The monoisotopic (exact) mass is 271 g/mol. The molecule has 0 bridgehead atoms. The zero-order valence-corrected chi connectivity index (χ0v) is 11.9. The highest BCUT2D eigenvalue weighted by molar-refractivity contribution is 5.88. The number of aromatic amines is 1. The number of nitrogens with zero attached hydrogens (tertiary/aromatic N) is 1. The summed E-state index contributed by atoms with van der Waals surface area (Å²) in [6, 6.07) is 8.58. The number of likely N-dealkylation sites (tertiary alicyclic amines) is 1. The predicted octanol–water partition coefficient (Wildman–Crippen LogP) is 1.92. The predicted molar refractivity (Wildman–Crippen MR) is 80.7 cm³/mol. The molecule has 0 aliphatic carbocycles. The number of benzene rings is 1. The van der Waals surface area contributed by atoms with Crippen LogP contribution in [0.4, 0.5) is 0 Å². The van der Waals surface area contributed by atoms with Crippen LogP contribution in [-0.2, 0) is 11.2 Å². The Hall–Kier alpha value is -1.81. The molecule has 0 spiro atoms. The second-order valence-corrected chi connectivity index (χ2v) is 5.50. The average molecular weight is 271 g/mol. The van der Waals surface area contributed by atoms with Gasteiger partial charge in [0.2, 0.25) is 5.91 Å². The van der Waals surface area contributed by atoms with E-state index < -0.39 is 0 Å². The number of piperidine rings is 1. The fourth-order valence-corrected chi connectivity index (χ4v) is 2.99. The van der Waals surface area contributed by atoms with Crippen molar-refractivity contribution in [3.8, 4) is 0 Å². The van der Waals surface area contributed by atoms with Crippen LogP contribution < -0.4 is 5.32 Å². The molecule has 0 radical (unpaired) electrons. The van der Waals surface area contributed by atoms with Crippen molar-refractivity contribution in [1.29, 1.82) is 0 Å². The highest BCUT2D eigenvalue weighted by atomic mass is 16.2. The van der Waals surface area contributed by atoms with Crippen LogP contribution in [0.3, 0.4) is 0 Å². The number of hydrogen-bond donors (Lipinski definition) is 2. The number of hydrogen-bond acceptors (Lipinski definition) is 2. The molecule has 4 heteroatoms. The van der Waals surface area contributed by atoms with Gasteiger partial charge in [-0.3, -0.25) is 4.79 Å². The molecule has 106 valence electrons. The quantitative estimate of drug-likeness (QED) is 0.896. The number of aromatic nitrogens is 1. The van der Waals surface area contributed by atoms with Crippen molar-refractivity contribution in [2.45, 2.75) is 25.3 Å².